The van der Waals surface area contributed by atoms with E-state index in [-0.39, 0.29) is 10.6 Å². The first-order valence-electron chi connectivity index (χ1n) is 6.81. The molecule has 0 saturated carbocycles. The molecule has 114 valence electrons. The maximum atomic E-state index is 12.4. The fourth-order valence-electron chi connectivity index (χ4n) is 2.15. The van der Waals surface area contributed by atoms with Crippen LogP contribution < -0.4 is 4.18 Å². The van der Waals surface area contributed by atoms with Crippen LogP contribution in [0.1, 0.15) is 11.3 Å². The normalized spacial score (nSPS) is 11.1. The molecule has 0 saturated heterocycles. The Morgan fingerprint density at radius 1 is 1.04 bits per heavy atom. The van der Waals surface area contributed by atoms with Gasteiger partial charge in [-0.05, 0) is 43.3 Å². The van der Waals surface area contributed by atoms with Crippen LogP contribution in [-0.2, 0) is 10.1 Å². The lowest BCUT2D eigenvalue weighted by molar-refractivity contribution is 0.488. The lowest BCUT2D eigenvalue weighted by Gasteiger charge is -2.09. The number of pyridine rings is 1. The Labute approximate surface area is 133 Å². The summed E-state index contributed by atoms with van der Waals surface area (Å²) in [4.78, 5) is 4.34. The second-order valence-electron chi connectivity index (χ2n) is 4.95. The number of hydrogen-bond donors (Lipinski definition) is 0. The zero-order chi connectivity index (χ0) is 16.4. The van der Waals surface area contributed by atoms with Crippen LogP contribution in [0.25, 0.3) is 10.9 Å². The lowest BCUT2D eigenvalue weighted by Crippen LogP contribution is -2.10. The van der Waals surface area contributed by atoms with E-state index in [4.69, 9.17) is 9.44 Å². The Bertz CT molecular complexity index is 1020. The van der Waals surface area contributed by atoms with Gasteiger partial charge in [0.05, 0.1) is 11.6 Å². The molecule has 0 aliphatic carbocycles. The summed E-state index contributed by atoms with van der Waals surface area (Å²) in [5.74, 6) is 0.176. The molecule has 0 N–H and O–H groups in total. The molecule has 0 aliphatic heterocycles. The van der Waals surface area contributed by atoms with Gasteiger partial charge in [-0.3, -0.25) is 0 Å². The molecule has 3 rings (SSSR count). The molecule has 3 aromatic rings. The minimum absolute atomic E-state index is 0.0128. The van der Waals surface area contributed by atoms with E-state index in [0.29, 0.717) is 11.1 Å². The van der Waals surface area contributed by atoms with E-state index in [1.54, 1.807) is 12.1 Å². The molecule has 1 heterocycles. The predicted octanol–water partition coefficient (Wildman–Crippen LogP) is 3.18. The number of aryl methyl sites for hydroxylation is 1. The van der Waals surface area contributed by atoms with Crippen molar-refractivity contribution in [2.24, 2.45) is 0 Å². The van der Waals surface area contributed by atoms with E-state index >= 15 is 0 Å². The molecule has 0 fully saturated rings. The van der Waals surface area contributed by atoms with E-state index in [0.717, 1.165) is 11.1 Å². The van der Waals surface area contributed by atoms with Crippen LogP contribution >= 0.6 is 0 Å². The highest BCUT2D eigenvalue weighted by Crippen LogP contribution is 2.27. The van der Waals surface area contributed by atoms with Crippen molar-refractivity contribution in [3.05, 3.63) is 65.9 Å². The lowest BCUT2D eigenvalue weighted by atomic mass is 10.2. The summed E-state index contributed by atoms with van der Waals surface area (Å²) in [6, 6.07) is 16.3. The molecule has 0 aliphatic rings. The van der Waals surface area contributed by atoms with E-state index in [1.807, 2.05) is 31.2 Å². The highest BCUT2D eigenvalue weighted by molar-refractivity contribution is 7.87. The topological polar surface area (TPSA) is 80.0 Å². The van der Waals surface area contributed by atoms with Crippen LogP contribution in [0.15, 0.2) is 59.5 Å². The molecule has 0 bridgehead atoms. The van der Waals surface area contributed by atoms with Crippen LogP contribution in [0, 0.1) is 18.3 Å². The van der Waals surface area contributed by atoms with Crippen molar-refractivity contribution >= 4 is 21.0 Å². The minimum atomic E-state index is -3.99. The van der Waals surface area contributed by atoms with Crippen molar-refractivity contribution in [3.8, 4) is 11.8 Å². The summed E-state index contributed by atoms with van der Waals surface area (Å²) in [7, 11) is -3.99. The first-order valence-corrected chi connectivity index (χ1v) is 8.21. The molecule has 5 nitrogen and oxygen atoms in total. The van der Waals surface area contributed by atoms with Crippen molar-refractivity contribution < 1.29 is 12.6 Å². The first kappa shape index (κ1) is 15.0. The zero-order valence-corrected chi connectivity index (χ0v) is 13.0. The van der Waals surface area contributed by atoms with Crippen LogP contribution in [-0.4, -0.2) is 13.4 Å². The van der Waals surface area contributed by atoms with E-state index in [2.05, 4.69) is 4.98 Å². The van der Waals surface area contributed by atoms with Gasteiger partial charge in [-0.15, -0.1) is 0 Å². The molecule has 0 amide bonds. The summed E-state index contributed by atoms with van der Waals surface area (Å²) in [6.07, 6.45) is 0. The molecule has 23 heavy (non-hydrogen) atoms. The van der Waals surface area contributed by atoms with Crippen LogP contribution in [0.3, 0.4) is 0 Å². The second-order valence-corrected chi connectivity index (χ2v) is 6.50. The number of rotatable bonds is 3. The molecule has 0 unspecified atom stereocenters. The second kappa shape index (κ2) is 5.71. The van der Waals surface area contributed by atoms with Gasteiger partial charge in [-0.1, -0.05) is 18.2 Å². The predicted molar refractivity (Wildman–Crippen MR) is 85.5 cm³/mol. The zero-order valence-electron chi connectivity index (χ0n) is 12.2. The smallest absolute Gasteiger partial charge is 0.339 e. The largest absolute Gasteiger partial charge is 0.377 e. The summed E-state index contributed by atoms with van der Waals surface area (Å²) in [6.45, 7) is 1.82. The Balaban J connectivity index is 2.03. The number of nitriles is 1. The maximum Gasteiger partial charge on any atom is 0.339 e. The third-order valence-corrected chi connectivity index (χ3v) is 4.54. The fraction of sp³-hybridized carbons (Fsp3) is 0.0588. The third-order valence-electron chi connectivity index (χ3n) is 3.29. The van der Waals surface area contributed by atoms with Gasteiger partial charge in [0.15, 0.2) is 5.75 Å². The average molecular weight is 324 g/mol. The molecule has 0 spiro atoms. The maximum absolute atomic E-state index is 12.4. The Morgan fingerprint density at radius 2 is 1.78 bits per heavy atom. The summed E-state index contributed by atoms with van der Waals surface area (Å²) in [5, 5.41) is 9.57. The van der Waals surface area contributed by atoms with E-state index < -0.39 is 10.1 Å². The molecular formula is C17H12N2O3S. The van der Waals surface area contributed by atoms with Gasteiger partial charge < -0.3 is 4.18 Å². The molecule has 1 aromatic heterocycles. The van der Waals surface area contributed by atoms with Gasteiger partial charge in [-0.2, -0.15) is 13.7 Å². The fourth-order valence-corrected chi connectivity index (χ4v) is 3.08. The molecule has 6 heteroatoms. The van der Waals surface area contributed by atoms with Crippen LogP contribution in [0.2, 0.25) is 0 Å². The van der Waals surface area contributed by atoms with Crippen LogP contribution in [0.4, 0.5) is 0 Å². The van der Waals surface area contributed by atoms with Crippen molar-refractivity contribution in [2.75, 3.05) is 0 Å². The molecule has 2 aromatic carbocycles. The van der Waals surface area contributed by atoms with Gasteiger partial charge in [0.1, 0.15) is 10.4 Å². The standard InChI is InChI=1S/C17H12N2O3S/c1-12-5-8-14-3-2-4-16(17(14)19-12)22-23(20,21)15-9-6-13(11-18)7-10-15/h2-10H,1H3. The third kappa shape index (κ3) is 3.00. The number of fused-ring (bicyclic) bond motifs is 1. The number of nitrogens with zero attached hydrogens (tertiary/aromatic N) is 2. The highest BCUT2D eigenvalue weighted by atomic mass is 32.2. The first-order chi connectivity index (χ1) is 11.0. The molecular weight excluding hydrogens is 312 g/mol. The van der Waals surface area contributed by atoms with Crippen molar-refractivity contribution in [2.45, 2.75) is 11.8 Å². The van der Waals surface area contributed by atoms with Crippen molar-refractivity contribution in [3.63, 3.8) is 0 Å². The van der Waals surface area contributed by atoms with Gasteiger partial charge in [-0.25, -0.2) is 4.98 Å². The number of hydrogen-bond acceptors (Lipinski definition) is 5. The van der Waals surface area contributed by atoms with Gasteiger partial charge in [0.2, 0.25) is 0 Å². The van der Waals surface area contributed by atoms with Gasteiger partial charge in [0, 0.05) is 11.1 Å². The van der Waals surface area contributed by atoms with Crippen LogP contribution in [0.5, 0.6) is 5.75 Å². The molecule has 0 radical (unpaired) electrons. The SMILES string of the molecule is Cc1ccc2cccc(OS(=O)(=O)c3ccc(C#N)cc3)c2n1. The average Bonchev–Trinajstić information content (AvgIpc) is 2.55. The Hall–Kier alpha value is -2.91. The summed E-state index contributed by atoms with van der Waals surface area (Å²) < 4.78 is 30.1. The van der Waals surface area contributed by atoms with Gasteiger partial charge >= 0.3 is 10.1 Å². The van der Waals surface area contributed by atoms with Crippen molar-refractivity contribution in [1.29, 1.82) is 5.26 Å². The number of para-hydroxylation sites is 1. The number of aromatic nitrogens is 1. The van der Waals surface area contributed by atoms with Gasteiger partial charge in [0.25, 0.3) is 0 Å². The molecule has 0 atom stereocenters. The number of benzene rings is 2. The quantitative estimate of drug-likeness (QED) is 0.691. The Morgan fingerprint density at radius 3 is 2.48 bits per heavy atom. The van der Waals surface area contributed by atoms with E-state index in [1.165, 1.54) is 24.3 Å². The summed E-state index contributed by atoms with van der Waals surface area (Å²) in [5.41, 5.74) is 1.64. The highest BCUT2D eigenvalue weighted by Gasteiger charge is 2.18. The summed E-state index contributed by atoms with van der Waals surface area (Å²) >= 11 is 0. The Kier molecular flexibility index (Phi) is 3.72. The minimum Gasteiger partial charge on any atom is -0.377 e. The van der Waals surface area contributed by atoms with E-state index in [9.17, 15) is 8.42 Å². The van der Waals surface area contributed by atoms with Crippen molar-refractivity contribution in [1.82, 2.24) is 4.98 Å². The monoisotopic (exact) mass is 324 g/mol.